The minimum absolute atomic E-state index is 0.120. The Hall–Kier alpha value is -2.26. The number of nitrogens with zero attached hydrogens (tertiary/aromatic N) is 3. The number of anilines is 2. The zero-order valence-electron chi connectivity index (χ0n) is 9.16. The number of nitrogens with one attached hydrogen (secondary N) is 2. The van der Waals surface area contributed by atoms with Crippen LogP contribution in [-0.2, 0) is 6.54 Å². The molecule has 0 fully saturated rings. The van der Waals surface area contributed by atoms with Gasteiger partial charge in [0.25, 0.3) is 0 Å². The topological polar surface area (TPSA) is 119 Å². The fraction of sp³-hybridized carbons (Fsp3) is 0.111. The van der Waals surface area contributed by atoms with Gasteiger partial charge in [0, 0.05) is 4.88 Å². The van der Waals surface area contributed by atoms with Crippen LogP contribution in [0.3, 0.4) is 0 Å². The molecule has 4 N–H and O–H groups in total. The lowest BCUT2D eigenvalue weighted by atomic mass is 10.4. The molecule has 94 valence electrons. The van der Waals surface area contributed by atoms with Crippen molar-refractivity contribution >= 4 is 28.8 Å². The number of thiophene rings is 1. The van der Waals surface area contributed by atoms with Crippen LogP contribution in [0.1, 0.15) is 4.88 Å². The van der Waals surface area contributed by atoms with Gasteiger partial charge in [-0.15, -0.1) is 11.3 Å². The van der Waals surface area contributed by atoms with Crippen LogP contribution >= 0.6 is 11.3 Å². The number of nitro groups is 1. The summed E-state index contributed by atoms with van der Waals surface area (Å²) in [5, 5.41) is 15.6. The van der Waals surface area contributed by atoms with Crippen LogP contribution in [-0.4, -0.2) is 14.9 Å². The SMILES string of the molecule is NNc1ncc([N+](=O)[O-])c(NCc2cccs2)n1. The molecule has 0 amide bonds. The van der Waals surface area contributed by atoms with Crippen LogP contribution in [0.5, 0.6) is 0 Å². The minimum atomic E-state index is -0.545. The largest absolute Gasteiger partial charge is 0.359 e. The second-order valence-electron chi connectivity index (χ2n) is 3.26. The normalized spacial score (nSPS) is 10.1. The number of hydrogen-bond donors (Lipinski definition) is 3. The summed E-state index contributed by atoms with van der Waals surface area (Å²) in [4.78, 5) is 18.9. The Kier molecular flexibility index (Phi) is 3.65. The molecule has 0 aromatic carbocycles. The van der Waals surface area contributed by atoms with Crippen LogP contribution in [0.2, 0.25) is 0 Å². The molecule has 0 saturated carbocycles. The van der Waals surface area contributed by atoms with Gasteiger partial charge in [-0.3, -0.25) is 15.5 Å². The summed E-state index contributed by atoms with van der Waals surface area (Å²) >= 11 is 1.55. The third-order valence-corrected chi connectivity index (χ3v) is 2.98. The van der Waals surface area contributed by atoms with E-state index in [-0.39, 0.29) is 17.5 Å². The Bertz CT molecular complexity index is 544. The molecular formula is C9H10N6O2S. The van der Waals surface area contributed by atoms with E-state index in [0.717, 1.165) is 11.1 Å². The molecule has 18 heavy (non-hydrogen) atoms. The van der Waals surface area contributed by atoms with Crippen molar-refractivity contribution in [1.82, 2.24) is 9.97 Å². The molecule has 8 nitrogen and oxygen atoms in total. The zero-order valence-corrected chi connectivity index (χ0v) is 9.98. The lowest BCUT2D eigenvalue weighted by molar-refractivity contribution is -0.384. The molecule has 2 aromatic rings. The summed E-state index contributed by atoms with van der Waals surface area (Å²) in [5.74, 6) is 5.42. The van der Waals surface area contributed by atoms with Gasteiger partial charge in [-0.25, -0.2) is 10.8 Å². The van der Waals surface area contributed by atoms with Gasteiger partial charge in [-0.1, -0.05) is 6.07 Å². The second-order valence-corrected chi connectivity index (χ2v) is 4.29. The van der Waals surface area contributed by atoms with Crippen molar-refractivity contribution in [3.63, 3.8) is 0 Å². The molecule has 0 spiro atoms. The van der Waals surface area contributed by atoms with E-state index < -0.39 is 4.92 Å². The van der Waals surface area contributed by atoms with Crippen molar-refractivity contribution in [2.45, 2.75) is 6.54 Å². The second kappa shape index (κ2) is 5.38. The molecule has 0 aliphatic carbocycles. The van der Waals surface area contributed by atoms with E-state index in [9.17, 15) is 10.1 Å². The van der Waals surface area contributed by atoms with Gasteiger partial charge < -0.3 is 5.32 Å². The highest BCUT2D eigenvalue weighted by molar-refractivity contribution is 7.09. The van der Waals surface area contributed by atoms with Crippen molar-refractivity contribution in [3.8, 4) is 0 Å². The number of hydrazine groups is 1. The van der Waals surface area contributed by atoms with Gasteiger partial charge in [0.2, 0.25) is 11.8 Å². The molecule has 0 radical (unpaired) electrons. The van der Waals surface area contributed by atoms with Gasteiger partial charge >= 0.3 is 5.69 Å². The number of nitrogens with two attached hydrogens (primary N) is 1. The standard InChI is InChI=1S/C9H10N6O2S/c10-14-9-12-5-7(15(16)17)8(13-9)11-4-6-2-1-3-18-6/h1-3,5H,4,10H2,(H2,11,12,13,14). The average molecular weight is 266 g/mol. The Balaban J connectivity index is 2.20. The number of hydrogen-bond acceptors (Lipinski definition) is 8. The predicted octanol–water partition coefficient (Wildman–Crippen LogP) is 1.34. The van der Waals surface area contributed by atoms with E-state index in [4.69, 9.17) is 5.84 Å². The third kappa shape index (κ3) is 2.70. The van der Waals surface area contributed by atoms with Crippen molar-refractivity contribution in [3.05, 3.63) is 38.7 Å². The Labute approximate surface area is 106 Å². The predicted molar refractivity (Wildman–Crippen MR) is 68.1 cm³/mol. The van der Waals surface area contributed by atoms with Crippen molar-refractivity contribution in [1.29, 1.82) is 0 Å². The molecule has 2 aromatic heterocycles. The molecule has 0 aliphatic heterocycles. The Morgan fingerprint density at radius 2 is 2.39 bits per heavy atom. The molecule has 0 atom stereocenters. The van der Waals surface area contributed by atoms with Crippen LogP contribution in [0.25, 0.3) is 0 Å². The number of rotatable bonds is 5. The first-order chi connectivity index (χ1) is 8.70. The van der Waals surface area contributed by atoms with E-state index >= 15 is 0 Å². The summed E-state index contributed by atoms with van der Waals surface area (Å²) in [6.07, 6.45) is 1.11. The molecule has 0 saturated heterocycles. The van der Waals surface area contributed by atoms with Gasteiger partial charge in [0.1, 0.15) is 6.20 Å². The molecule has 0 unspecified atom stereocenters. The maximum atomic E-state index is 10.8. The van der Waals surface area contributed by atoms with Gasteiger partial charge in [0.05, 0.1) is 11.5 Å². The number of nitrogen functional groups attached to an aromatic ring is 1. The summed E-state index contributed by atoms with van der Waals surface area (Å²) in [5.41, 5.74) is 2.06. The third-order valence-electron chi connectivity index (χ3n) is 2.11. The molecule has 2 rings (SSSR count). The highest BCUT2D eigenvalue weighted by atomic mass is 32.1. The fourth-order valence-electron chi connectivity index (χ4n) is 1.29. The van der Waals surface area contributed by atoms with Crippen LogP contribution in [0, 0.1) is 10.1 Å². The highest BCUT2D eigenvalue weighted by Crippen LogP contribution is 2.22. The first kappa shape index (κ1) is 12.2. The van der Waals surface area contributed by atoms with Crippen molar-refractivity contribution in [2.75, 3.05) is 10.7 Å². The molecule has 0 bridgehead atoms. The molecule has 9 heteroatoms. The minimum Gasteiger partial charge on any atom is -0.359 e. The smallest absolute Gasteiger partial charge is 0.329 e. The van der Waals surface area contributed by atoms with Crippen LogP contribution in [0.4, 0.5) is 17.5 Å². The maximum Gasteiger partial charge on any atom is 0.329 e. The van der Waals surface area contributed by atoms with E-state index in [0.29, 0.717) is 6.54 Å². The monoisotopic (exact) mass is 266 g/mol. The summed E-state index contributed by atoms with van der Waals surface area (Å²) < 4.78 is 0. The van der Waals surface area contributed by atoms with E-state index in [2.05, 4.69) is 20.7 Å². The zero-order chi connectivity index (χ0) is 13.0. The van der Waals surface area contributed by atoms with Gasteiger partial charge in [-0.2, -0.15) is 4.98 Å². The summed E-state index contributed by atoms with van der Waals surface area (Å²) in [6.45, 7) is 0.458. The Morgan fingerprint density at radius 3 is 3.00 bits per heavy atom. The molecule has 0 aliphatic rings. The van der Waals surface area contributed by atoms with Gasteiger partial charge in [0.15, 0.2) is 0 Å². The van der Waals surface area contributed by atoms with E-state index in [1.807, 2.05) is 17.5 Å². The lowest BCUT2D eigenvalue weighted by Gasteiger charge is -2.06. The maximum absolute atomic E-state index is 10.8. The van der Waals surface area contributed by atoms with E-state index in [1.165, 1.54) is 0 Å². The molecule has 2 heterocycles. The van der Waals surface area contributed by atoms with Crippen molar-refractivity contribution in [2.24, 2.45) is 5.84 Å². The summed E-state index contributed by atoms with van der Waals surface area (Å²) in [7, 11) is 0. The van der Waals surface area contributed by atoms with Crippen molar-refractivity contribution < 1.29 is 4.92 Å². The van der Waals surface area contributed by atoms with Crippen LogP contribution in [0.15, 0.2) is 23.7 Å². The highest BCUT2D eigenvalue weighted by Gasteiger charge is 2.16. The van der Waals surface area contributed by atoms with E-state index in [1.54, 1.807) is 11.3 Å². The average Bonchev–Trinajstić information content (AvgIpc) is 2.88. The first-order valence-corrected chi connectivity index (χ1v) is 5.83. The van der Waals surface area contributed by atoms with Gasteiger partial charge in [-0.05, 0) is 11.4 Å². The first-order valence-electron chi connectivity index (χ1n) is 4.95. The fourth-order valence-corrected chi connectivity index (χ4v) is 1.94. The molecular weight excluding hydrogens is 256 g/mol. The lowest BCUT2D eigenvalue weighted by Crippen LogP contribution is -2.13. The summed E-state index contributed by atoms with van der Waals surface area (Å²) in [6, 6.07) is 3.83. The van der Waals surface area contributed by atoms with Crippen LogP contribution < -0.4 is 16.6 Å². The number of aromatic nitrogens is 2. The quantitative estimate of drug-likeness (QED) is 0.424. The Morgan fingerprint density at radius 1 is 1.56 bits per heavy atom.